The molecule has 0 amide bonds. The topological polar surface area (TPSA) is 0 Å². The van der Waals surface area contributed by atoms with E-state index in [1.807, 2.05) is 0 Å². The van der Waals surface area contributed by atoms with Crippen LogP contribution in [0.5, 0.6) is 0 Å². The molecule has 0 N–H and O–H groups in total. The Morgan fingerprint density at radius 2 is 1.53 bits per heavy atom. The summed E-state index contributed by atoms with van der Waals surface area (Å²) in [5.74, 6) is 2.13. The van der Waals surface area contributed by atoms with Gasteiger partial charge in [-0.2, -0.15) is 0 Å². The van der Waals surface area contributed by atoms with Crippen LogP contribution in [-0.2, 0) is 0 Å². The van der Waals surface area contributed by atoms with Gasteiger partial charge in [0.1, 0.15) is 0 Å². The van der Waals surface area contributed by atoms with Crippen molar-refractivity contribution in [3.63, 3.8) is 0 Å². The van der Waals surface area contributed by atoms with Crippen molar-refractivity contribution in [3.05, 3.63) is 23.3 Å². The van der Waals surface area contributed by atoms with Crippen LogP contribution < -0.4 is 0 Å². The summed E-state index contributed by atoms with van der Waals surface area (Å²) in [6.07, 6.45) is 4.90. The van der Waals surface area contributed by atoms with Gasteiger partial charge in [-0.3, -0.25) is 0 Å². The van der Waals surface area contributed by atoms with E-state index in [-0.39, 0.29) is 0 Å². The summed E-state index contributed by atoms with van der Waals surface area (Å²) in [5, 5.41) is 0. The minimum absolute atomic E-state index is 0.452. The van der Waals surface area contributed by atoms with E-state index in [2.05, 4.69) is 53.7 Å². The Morgan fingerprint density at radius 1 is 1.00 bits per heavy atom. The van der Waals surface area contributed by atoms with Gasteiger partial charge in [0.05, 0.1) is 0 Å². The van der Waals surface area contributed by atoms with Crippen molar-refractivity contribution >= 4 is 0 Å². The first kappa shape index (κ1) is 13.9. The van der Waals surface area contributed by atoms with E-state index >= 15 is 0 Å². The third kappa shape index (κ3) is 2.57. The zero-order valence-corrected chi connectivity index (χ0v) is 14.7. The van der Waals surface area contributed by atoms with Gasteiger partial charge in [-0.1, -0.05) is 0 Å². The molecule has 82 valence electrons. The van der Waals surface area contributed by atoms with Gasteiger partial charge in [0.15, 0.2) is 0 Å². The third-order valence-corrected chi connectivity index (χ3v) is 7.22. The predicted octanol–water partition coefficient (Wildman–Crippen LogP) is 4.53. The molecule has 0 bridgehead atoms. The molecule has 1 unspecified atom stereocenters. The Labute approximate surface area is 122 Å². The molecule has 0 saturated heterocycles. The summed E-state index contributed by atoms with van der Waals surface area (Å²) >= 11 is 1.01. The van der Waals surface area contributed by atoms with Crippen LogP contribution in [0, 0.1) is 57.0 Å². The molecule has 0 aromatic carbocycles. The van der Waals surface area contributed by atoms with E-state index in [9.17, 15) is 0 Å². The molecule has 0 heterocycles. The second-order valence-corrected chi connectivity index (χ2v) is 8.66. The standard InChI is InChI=1S/C14H23.Pr/c1-9(2)12-7-8-13(10(3)4)14(12)11(5)6;/h7-11H,1-6H3;. The van der Waals surface area contributed by atoms with Crippen molar-refractivity contribution in [1.82, 2.24) is 0 Å². The molecule has 1 aliphatic rings. The van der Waals surface area contributed by atoms with Crippen LogP contribution in [0.15, 0.2) is 23.3 Å². The van der Waals surface area contributed by atoms with Crippen molar-refractivity contribution in [2.45, 2.75) is 42.5 Å². The first-order chi connectivity index (χ1) is 6.80. The fourth-order valence-corrected chi connectivity index (χ4v) is 4.41. The van der Waals surface area contributed by atoms with Crippen molar-refractivity contribution in [1.29, 1.82) is 0 Å². The van der Waals surface area contributed by atoms with Crippen molar-refractivity contribution in [2.24, 2.45) is 17.8 Å². The maximum absolute atomic E-state index is 2.49. The van der Waals surface area contributed by atoms with E-state index in [1.165, 1.54) is 0 Å². The Balaban J connectivity index is 3.22. The van der Waals surface area contributed by atoms with E-state index in [0.29, 0.717) is 12.8 Å². The monoisotopic (exact) mass is 332 g/mol. The molecule has 1 atom stereocenters. The molecule has 0 nitrogen and oxygen atoms in total. The van der Waals surface area contributed by atoms with Crippen molar-refractivity contribution < 1.29 is 39.2 Å². The zero-order chi connectivity index (χ0) is 11.8. The van der Waals surface area contributed by atoms with Crippen molar-refractivity contribution in [2.75, 3.05) is 0 Å². The molecule has 1 aliphatic carbocycles. The molecule has 0 saturated carbocycles. The molecule has 0 spiro atoms. The number of hydrogen-bond donors (Lipinski definition) is 0. The molecule has 0 fully saturated rings. The summed E-state index contributed by atoms with van der Waals surface area (Å²) in [6, 6.07) is 0. The van der Waals surface area contributed by atoms with Gasteiger partial charge in [0, 0.05) is 0 Å². The van der Waals surface area contributed by atoms with Crippen LogP contribution in [0.4, 0.5) is 0 Å². The molecule has 1 heteroatoms. The normalized spacial score (nSPS) is 26.4. The summed E-state index contributed by atoms with van der Waals surface area (Å²) in [7, 11) is 0. The maximum atomic E-state index is 2.49. The molecular weight excluding hydrogens is 309 g/mol. The van der Waals surface area contributed by atoms with E-state index in [1.54, 1.807) is 11.1 Å². The van der Waals surface area contributed by atoms with Gasteiger partial charge < -0.3 is 0 Å². The van der Waals surface area contributed by atoms with Crippen LogP contribution in [0.1, 0.15) is 41.5 Å². The molecular formula is C14H23Pr. The van der Waals surface area contributed by atoms with Gasteiger partial charge in [0.2, 0.25) is 0 Å². The van der Waals surface area contributed by atoms with Crippen LogP contribution in [0.2, 0.25) is 0.999 Å². The quantitative estimate of drug-likeness (QED) is 0.712. The summed E-state index contributed by atoms with van der Waals surface area (Å²) in [4.78, 5) is 0. The van der Waals surface area contributed by atoms with Gasteiger partial charge in [-0.25, -0.2) is 0 Å². The van der Waals surface area contributed by atoms with Crippen LogP contribution in [0.25, 0.3) is 0 Å². The average Bonchev–Trinajstić information content (AvgIpc) is 2.44. The Bertz CT molecular complexity index is 294. The fraction of sp³-hybridized carbons (Fsp3) is 0.714. The van der Waals surface area contributed by atoms with Crippen LogP contribution in [-0.4, -0.2) is 0 Å². The Kier molecular flexibility index (Phi) is 4.64. The number of allylic oxidation sites excluding steroid dienone is 4. The Morgan fingerprint density at radius 3 is 1.87 bits per heavy atom. The fourth-order valence-electron chi connectivity index (χ4n) is 2.50. The van der Waals surface area contributed by atoms with Crippen LogP contribution in [0.3, 0.4) is 0 Å². The van der Waals surface area contributed by atoms with Gasteiger partial charge in [-0.15, -0.1) is 0 Å². The second-order valence-electron chi connectivity index (χ2n) is 5.60. The first-order valence-corrected chi connectivity index (χ1v) is 7.88. The first-order valence-electron chi connectivity index (χ1n) is 6.03. The van der Waals surface area contributed by atoms with Gasteiger partial charge in [-0.05, 0) is 0 Å². The average molecular weight is 332 g/mol. The van der Waals surface area contributed by atoms with Gasteiger partial charge >= 0.3 is 123 Å². The van der Waals surface area contributed by atoms with E-state index in [0.717, 1.165) is 45.1 Å². The van der Waals surface area contributed by atoms with Crippen molar-refractivity contribution in [3.8, 4) is 0 Å². The number of hydrogen-bond acceptors (Lipinski definition) is 0. The molecule has 0 aromatic rings. The van der Waals surface area contributed by atoms with E-state index in [4.69, 9.17) is 0 Å². The molecule has 0 aromatic heterocycles. The molecule has 0 radical (unpaired) electrons. The molecule has 1 rings (SSSR count). The van der Waals surface area contributed by atoms with E-state index < -0.39 is 0 Å². The summed E-state index contributed by atoms with van der Waals surface area (Å²) in [5.41, 5.74) is 3.35. The van der Waals surface area contributed by atoms with Gasteiger partial charge in [0.25, 0.3) is 0 Å². The Hall–Kier alpha value is 0.844. The molecule has 15 heavy (non-hydrogen) atoms. The minimum atomic E-state index is 0.452. The second kappa shape index (κ2) is 5.00. The SMILES string of the molecule is CC(C)C1=C(C(C)C)[C]([Pr])(C(C)C)C=C1. The number of rotatable bonds is 3. The van der Waals surface area contributed by atoms with Crippen LogP contribution >= 0.6 is 0 Å². The molecule has 0 aliphatic heterocycles. The zero-order valence-electron chi connectivity index (χ0n) is 11.0. The predicted molar refractivity (Wildman–Crippen MR) is 63.4 cm³/mol. The third-order valence-electron chi connectivity index (χ3n) is 3.47. The summed E-state index contributed by atoms with van der Waals surface area (Å²) < 4.78 is 0.452. The summed E-state index contributed by atoms with van der Waals surface area (Å²) in [6.45, 7) is 14.1.